The van der Waals surface area contributed by atoms with E-state index >= 15 is 0 Å². The highest BCUT2D eigenvalue weighted by Crippen LogP contribution is 2.17. The summed E-state index contributed by atoms with van der Waals surface area (Å²) in [6.07, 6.45) is 5.20. The molecule has 25 heavy (non-hydrogen) atoms. The summed E-state index contributed by atoms with van der Waals surface area (Å²) >= 11 is 0. The van der Waals surface area contributed by atoms with Gasteiger partial charge in [-0.3, -0.25) is 9.59 Å². The van der Waals surface area contributed by atoms with E-state index in [1.807, 2.05) is 30.3 Å². The summed E-state index contributed by atoms with van der Waals surface area (Å²) in [6.45, 7) is 3.25. The summed E-state index contributed by atoms with van der Waals surface area (Å²) in [5.41, 5.74) is 0.997. The lowest BCUT2D eigenvalue weighted by atomic mass is 9.95. The van der Waals surface area contributed by atoms with Gasteiger partial charge in [-0.2, -0.15) is 0 Å². The third-order valence-corrected chi connectivity index (χ3v) is 5.00. The standard InChI is InChI=1S/C20H30N2O3/c1-14(15(2)23)19(24)22-18(13-16-9-5-3-6-10-16)20(25)21-17-11-7-4-8-12-17/h3,5-6,9-10,14-15,17-18,23H,4,7-8,11-13H2,1-2H3,(H,21,25)(H,22,24)/t14-,15+,18-/m0/s1. The fraction of sp³-hybridized carbons (Fsp3) is 0.600. The Balaban J connectivity index is 2.04. The van der Waals surface area contributed by atoms with Gasteiger partial charge in [-0.05, 0) is 25.3 Å². The Labute approximate surface area is 150 Å². The quantitative estimate of drug-likeness (QED) is 0.708. The molecule has 0 aliphatic heterocycles. The average molecular weight is 346 g/mol. The molecule has 2 amide bonds. The van der Waals surface area contributed by atoms with Crippen LogP contribution in [0.2, 0.25) is 0 Å². The van der Waals surface area contributed by atoms with Gasteiger partial charge < -0.3 is 15.7 Å². The van der Waals surface area contributed by atoms with E-state index in [2.05, 4.69) is 10.6 Å². The number of rotatable bonds is 7. The summed E-state index contributed by atoms with van der Waals surface area (Å²) in [7, 11) is 0. The number of aliphatic hydroxyl groups is 1. The highest BCUT2D eigenvalue weighted by Gasteiger charge is 2.27. The highest BCUT2D eigenvalue weighted by molar-refractivity contribution is 5.89. The number of aliphatic hydroxyl groups excluding tert-OH is 1. The van der Waals surface area contributed by atoms with E-state index in [1.54, 1.807) is 13.8 Å². The normalized spacial score (nSPS) is 18.8. The van der Waals surface area contributed by atoms with Crippen LogP contribution in [0.15, 0.2) is 30.3 Å². The maximum Gasteiger partial charge on any atom is 0.243 e. The molecule has 0 unspecified atom stereocenters. The summed E-state index contributed by atoms with van der Waals surface area (Å²) in [6, 6.07) is 9.24. The minimum Gasteiger partial charge on any atom is -0.393 e. The van der Waals surface area contributed by atoms with Gasteiger partial charge in [0, 0.05) is 12.5 Å². The van der Waals surface area contributed by atoms with E-state index in [-0.39, 0.29) is 17.9 Å². The van der Waals surface area contributed by atoms with Crippen molar-refractivity contribution < 1.29 is 14.7 Å². The highest BCUT2D eigenvalue weighted by atomic mass is 16.3. The molecule has 1 aliphatic rings. The predicted molar refractivity (Wildman–Crippen MR) is 97.9 cm³/mol. The molecule has 1 saturated carbocycles. The molecule has 0 saturated heterocycles. The first kappa shape index (κ1) is 19.4. The molecule has 0 spiro atoms. The van der Waals surface area contributed by atoms with Gasteiger partial charge in [0.15, 0.2) is 0 Å². The van der Waals surface area contributed by atoms with Crippen molar-refractivity contribution in [2.24, 2.45) is 5.92 Å². The molecular formula is C20H30N2O3. The maximum absolute atomic E-state index is 12.8. The van der Waals surface area contributed by atoms with E-state index in [0.29, 0.717) is 6.42 Å². The molecule has 1 aliphatic carbocycles. The molecule has 0 aromatic heterocycles. The van der Waals surface area contributed by atoms with Crippen molar-refractivity contribution in [2.45, 2.75) is 70.6 Å². The number of carbonyl (C=O) groups excluding carboxylic acids is 2. The molecule has 1 fully saturated rings. The first-order valence-corrected chi connectivity index (χ1v) is 9.30. The third-order valence-electron chi connectivity index (χ3n) is 5.00. The Hall–Kier alpha value is -1.88. The van der Waals surface area contributed by atoms with E-state index in [9.17, 15) is 14.7 Å². The average Bonchev–Trinajstić information content (AvgIpc) is 2.62. The van der Waals surface area contributed by atoms with Gasteiger partial charge in [-0.15, -0.1) is 0 Å². The molecular weight excluding hydrogens is 316 g/mol. The SMILES string of the molecule is C[C@H](C(=O)N[C@@H](Cc1ccccc1)C(=O)NC1CCCCC1)[C@@H](C)O. The molecule has 2 rings (SSSR count). The molecule has 1 aromatic rings. The zero-order chi connectivity index (χ0) is 18.2. The first-order valence-electron chi connectivity index (χ1n) is 9.30. The topological polar surface area (TPSA) is 78.4 Å². The van der Waals surface area contributed by atoms with E-state index in [0.717, 1.165) is 31.2 Å². The van der Waals surface area contributed by atoms with Gasteiger partial charge in [0.2, 0.25) is 11.8 Å². The number of nitrogens with one attached hydrogen (secondary N) is 2. The Bertz CT molecular complexity index is 553. The molecule has 1 aromatic carbocycles. The second-order valence-corrected chi connectivity index (χ2v) is 7.12. The Morgan fingerprint density at radius 2 is 1.72 bits per heavy atom. The Morgan fingerprint density at radius 1 is 1.08 bits per heavy atom. The lowest BCUT2D eigenvalue weighted by molar-refractivity contribution is -0.133. The smallest absolute Gasteiger partial charge is 0.243 e. The fourth-order valence-corrected chi connectivity index (χ4v) is 3.13. The van der Waals surface area contributed by atoms with E-state index in [1.165, 1.54) is 6.42 Å². The number of carbonyl (C=O) groups is 2. The predicted octanol–water partition coefficient (Wildman–Crippen LogP) is 2.18. The van der Waals surface area contributed by atoms with Crippen LogP contribution in [0.1, 0.15) is 51.5 Å². The van der Waals surface area contributed by atoms with Crippen molar-refractivity contribution in [1.29, 1.82) is 0 Å². The van der Waals surface area contributed by atoms with Gasteiger partial charge in [-0.1, -0.05) is 56.5 Å². The summed E-state index contributed by atoms with van der Waals surface area (Å²) in [4.78, 5) is 25.1. The summed E-state index contributed by atoms with van der Waals surface area (Å²) in [5, 5.41) is 15.6. The fourth-order valence-electron chi connectivity index (χ4n) is 3.13. The second kappa shape index (κ2) is 9.56. The van der Waals surface area contributed by atoms with Gasteiger partial charge in [0.25, 0.3) is 0 Å². The molecule has 3 N–H and O–H groups in total. The molecule has 5 nitrogen and oxygen atoms in total. The lowest BCUT2D eigenvalue weighted by Crippen LogP contribution is -2.52. The largest absolute Gasteiger partial charge is 0.393 e. The number of benzene rings is 1. The van der Waals surface area contributed by atoms with Crippen molar-refractivity contribution >= 4 is 11.8 Å². The van der Waals surface area contributed by atoms with E-state index < -0.39 is 18.1 Å². The first-order chi connectivity index (χ1) is 12.0. The van der Waals surface area contributed by atoms with Crippen molar-refractivity contribution in [3.63, 3.8) is 0 Å². The van der Waals surface area contributed by atoms with Crippen LogP contribution in [0.25, 0.3) is 0 Å². The minimum absolute atomic E-state index is 0.137. The molecule has 138 valence electrons. The molecule has 0 radical (unpaired) electrons. The maximum atomic E-state index is 12.8. The number of hydrogen-bond acceptors (Lipinski definition) is 3. The summed E-state index contributed by atoms with van der Waals surface area (Å²) in [5.74, 6) is -0.989. The van der Waals surface area contributed by atoms with Crippen LogP contribution in [-0.4, -0.2) is 35.1 Å². The van der Waals surface area contributed by atoms with Crippen LogP contribution in [-0.2, 0) is 16.0 Å². The monoisotopic (exact) mass is 346 g/mol. The lowest BCUT2D eigenvalue weighted by Gasteiger charge is -2.27. The van der Waals surface area contributed by atoms with Crippen LogP contribution in [0.5, 0.6) is 0 Å². The second-order valence-electron chi connectivity index (χ2n) is 7.12. The van der Waals surface area contributed by atoms with Crippen LogP contribution < -0.4 is 10.6 Å². The van der Waals surface area contributed by atoms with Crippen molar-refractivity contribution in [3.8, 4) is 0 Å². The molecule has 0 bridgehead atoms. The zero-order valence-electron chi connectivity index (χ0n) is 15.2. The molecule has 0 heterocycles. The van der Waals surface area contributed by atoms with Gasteiger partial charge in [0.1, 0.15) is 6.04 Å². The molecule has 5 heteroatoms. The van der Waals surface area contributed by atoms with E-state index in [4.69, 9.17) is 0 Å². The van der Waals surface area contributed by atoms with Crippen LogP contribution in [0, 0.1) is 5.92 Å². The van der Waals surface area contributed by atoms with Crippen LogP contribution in [0.4, 0.5) is 0 Å². The number of hydrogen-bond donors (Lipinski definition) is 3. The third kappa shape index (κ3) is 6.16. The van der Waals surface area contributed by atoms with Gasteiger partial charge in [-0.25, -0.2) is 0 Å². The molecule has 3 atom stereocenters. The minimum atomic E-state index is -0.751. The zero-order valence-corrected chi connectivity index (χ0v) is 15.2. The van der Waals surface area contributed by atoms with Gasteiger partial charge >= 0.3 is 0 Å². The van der Waals surface area contributed by atoms with Crippen molar-refractivity contribution in [1.82, 2.24) is 10.6 Å². The Kier molecular flexibility index (Phi) is 7.44. The van der Waals surface area contributed by atoms with Crippen molar-refractivity contribution in [3.05, 3.63) is 35.9 Å². The summed E-state index contributed by atoms with van der Waals surface area (Å²) < 4.78 is 0. The van der Waals surface area contributed by atoms with Crippen LogP contribution in [0.3, 0.4) is 0 Å². The Morgan fingerprint density at radius 3 is 2.32 bits per heavy atom. The van der Waals surface area contributed by atoms with Crippen molar-refractivity contribution in [2.75, 3.05) is 0 Å². The van der Waals surface area contributed by atoms with Gasteiger partial charge in [0.05, 0.1) is 12.0 Å². The number of amides is 2. The van der Waals surface area contributed by atoms with Crippen LogP contribution >= 0.6 is 0 Å².